The molecule has 0 aliphatic rings. The summed E-state index contributed by atoms with van der Waals surface area (Å²) < 4.78 is 6.05. The first-order valence-corrected chi connectivity index (χ1v) is 10.9. The topological polar surface area (TPSA) is 19.6 Å². The number of benzene rings is 2. The van der Waals surface area contributed by atoms with Gasteiger partial charge in [0.2, 0.25) is 0 Å². The summed E-state index contributed by atoms with van der Waals surface area (Å²) in [7, 11) is 0. The molecule has 0 spiro atoms. The van der Waals surface area contributed by atoms with Crippen LogP contribution in [0.5, 0.6) is 0 Å². The molecule has 0 bridgehead atoms. The number of rotatable bonds is 10. The molecule has 29 heavy (non-hydrogen) atoms. The molecule has 3 heteroatoms. The van der Waals surface area contributed by atoms with Crippen LogP contribution in [-0.2, 0) is 0 Å². The molecule has 154 valence electrons. The standard InChI is InChI=1S/C26H34N2O/c1-5-27(6-2)17-9-11-21-13-15-25-23(19-21)24-20-22(14-16-26(24)29-25)12-10-18-28(7-3)8-4/h9-16,19-20H,5-8,17-18H2,1-4H3. The van der Waals surface area contributed by atoms with E-state index < -0.39 is 0 Å². The molecular formula is C26H34N2O. The van der Waals surface area contributed by atoms with Crippen molar-refractivity contribution >= 4 is 34.1 Å². The van der Waals surface area contributed by atoms with E-state index in [0.717, 1.165) is 50.4 Å². The van der Waals surface area contributed by atoms with E-state index in [0.29, 0.717) is 0 Å². The van der Waals surface area contributed by atoms with Crippen LogP contribution < -0.4 is 0 Å². The van der Waals surface area contributed by atoms with Crippen molar-refractivity contribution in [2.75, 3.05) is 39.3 Å². The van der Waals surface area contributed by atoms with Crippen molar-refractivity contribution in [1.82, 2.24) is 9.80 Å². The molecule has 0 saturated heterocycles. The molecule has 0 radical (unpaired) electrons. The van der Waals surface area contributed by atoms with Gasteiger partial charge in [-0.15, -0.1) is 0 Å². The van der Waals surface area contributed by atoms with Crippen LogP contribution in [0, 0.1) is 0 Å². The first-order valence-electron chi connectivity index (χ1n) is 10.9. The molecular weight excluding hydrogens is 356 g/mol. The summed E-state index contributed by atoms with van der Waals surface area (Å²) in [6, 6.07) is 12.9. The van der Waals surface area contributed by atoms with E-state index in [9.17, 15) is 0 Å². The van der Waals surface area contributed by atoms with Crippen molar-refractivity contribution in [1.29, 1.82) is 0 Å². The molecule has 1 aromatic heterocycles. The zero-order valence-electron chi connectivity index (χ0n) is 18.3. The van der Waals surface area contributed by atoms with E-state index in [1.54, 1.807) is 0 Å². The third-order valence-electron chi connectivity index (χ3n) is 5.65. The summed E-state index contributed by atoms with van der Waals surface area (Å²) in [6.45, 7) is 15.1. The molecule has 0 atom stereocenters. The summed E-state index contributed by atoms with van der Waals surface area (Å²) in [6.07, 6.45) is 8.92. The second-order valence-electron chi connectivity index (χ2n) is 7.39. The molecule has 1 heterocycles. The van der Waals surface area contributed by atoms with E-state index in [1.807, 2.05) is 0 Å². The lowest BCUT2D eigenvalue weighted by atomic mass is 10.1. The Labute approximate surface area is 175 Å². The van der Waals surface area contributed by atoms with Gasteiger partial charge in [0.25, 0.3) is 0 Å². The van der Waals surface area contributed by atoms with Gasteiger partial charge >= 0.3 is 0 Å². The predicted octanol–water partition coefficient (Wildman–Crippen LogP) is 6.30. The van der Waals surface area contributed by atoms with E-state index in [4.69, 9.17) is 4.42 Å². The minimum absolute atomic E-state index is 0.949. The minimum atomic E-state index is 0.949. The fraction of sp³-hybridized carbons (Fsp3) is 0.385. The highest BCUT2D eigenvalue weighted by atomic mass is 16.3. The van der Waals surface area contributed by atoms with E-state index >= 15 is 0 Å². The first-order chi connectivity index (χ1) is 14.2. The van der Waals surface area contributed by atoms with Gasteiger partial charge in [-0.2, -0.15) is 0 Å². The monoisotopic (exact) mass is 390 g/mol. The van der Waals surface area contributed by atoms with Gasteiger partial charge in [-0.3, -0.25) is 0 Å². The van der Waals surface area contributed by atoms with Crippen molar-refractivity contribution < 1.29 is 4.42 Å². The maximum atomic E-state index is 6.05. The summed E-state index contributed by atoms with van der Waals surface area (Å²) in [5.74, 6) is 0. The summed E-state index contributed by atoms with van der Waals surface area (Å²) in [5.41, 5.74) is 4.33. The number of likely N-dealkylation sites (N-methyl/N-ethyl adjacent to an activating group) is 2. The average Bonchev–Trinajstić information content (AvgIpc) is 3.11. The van der Waals surface area contributed by atoms with E-state index in [2.05, 4.69) is 98.2 Å². The van der Waals surface area contributed by atoms with Crippen molar-refractivity contribution in [2.45, 2.75) is 27.7 Å². The Morgan fingerprint density at radius 3 is 1.45 bits per heavy atom. The van der Waals surface area contributed by atoms with Crippen molar-refractivity contribution in [3.63, 3.8) is 0 Å². The third kappa shape index (κ3) is 5.37. The smallest absolute Gasteiger partial charge is 0.135 e. The Morgan fingerprint density at radius 1 is 0.655 bits per heavy atom. The Kier molecular flexibility index (Phi) is 7.68. The number of furan rings is 1. The molecule has 0 aliphatic heterocycles. The predicted molar refractivity (Wildman–Crippen MR) is 127 cm³/mol. The van der Waals surface area contributed by atoms with Gasteiger partial charge in [-0.05, 0) is 61.6 Å². The molecule has 0 aliphatic carbocycles. The van der Waals surface area contributed by atoms with Crippen molar-refractivity contribution in [3.8, 4) is 0 Å². The Morgan fingerprint density at radius 2 is 1.07 bits per heavy atom. The number of hydrogen-bond acceptors (Lipinski definition) is 3. The lowest BCUT2D eigenvalue weighted by Crippen LogP contribution is -2.22. The van der Waals surface area contributed by atoms with Gasteiger partial charge in [0.1, 0.15) is 11.2 Å². The normalized spacial score (nSPS) is 12.6. The molecule has 2 aromatic carbocycles. The van der Waals surface area contributed by atoms with E-state index in [-0.39, 0.29) is 0 Å². The minimum Gasteiger partial charge on any atom is -0.456 e. The maximum absolute atomic E-state index is 6.05. The first kappa shape index (κ1) is 21.4. The number of hydrogen-bond donors (Lipinski definition) is 0. The van der Waals surface area contributed by atoms with Gasteiger partial charge in [0.15, 0.2) is 0 Å². The van der Waals surface area contributed by atoms with E-state index in [1.165, 1.54) is 21.9 Å². The Bertz CT molecular complexity index is 897. The zero-order valence-corrected chi connectivity index (χ0v) is 18.3. The van der Waals surface area contributed by atoms with Gasteiger partial charge in [0.05, 0.1) is 0 Å². The van der Waals surface area contributed by atoms with Gasteiger partial charge < -0.3 is 14.2 Å². The molecule has 0 fully saturated rings. The second-order valence-corrected chi connectivity index (χ2v) is 7.39. The van der Waals surface area contributed by atoms with Crippen LogP contribution in [0.2, 0.25) is 0 Å². The fourth-order valence-corrected chi connectivity index (χ4v) is 3.66. The molecule has 0 amide bonds. The van der Waals surface area contributed by atoms with Crippen LogP contribution >= 0.6 is 0 Å². The highest BCUT2D eigenvalue weighted by Crippen LogP contribution is 2.30. The Balaban J connectivity index is 1.84. The molecule has 3 aromatic rings. The lowest BCUT2D eigenvalue weighted by Gasteiger charge is -2.14. The van der Waals surface area contributed by atoms with Gasteiger partial charge in [-0.25, -0.2) is 0 Å². The van der Waals surface area contributed by atoms with Crippen LogP contribution in [0.1, 0.15) is 38.8 Å². The van der Waals surface area contributed by atoms with Crippen LogP contribution in [0.25, 0.3) is 34.1 Å². The van der Waals surface area contributed by atoms with Gasteiger partial charge in [-0.1, -0.05) is 64.1 Å². The van der Waals surface area contributed by atoms with Crippen LogP contribution in [0.4, 0.5) is 0 Å². The summed E-state index contributed by atoms with van der Waals surface area (Å²) in [4.78, 5) is 4.80. The SMILES string of the molecule is CCN(CC)CC=Cc1ccc2oc3ccc(C=CCN(CC)CC)cc3c2c1. The molecule has 0 N–H and O–H groups in total. The van der Waals surface area contributed by atoms with Gasteiger partial charge in [0, 0.05) is 23.9 Å². The highest BCUT2D eigenvalue weighted by molar-refractivity contribution is 6.06. The van der Waals surface area contributed by atoms with Crippen LogP contribution in [0.15, 0.2) is 53.0 Å². The Hall–Kier alpha value is -2.36. The quantitative estimate of drug-likeness (QED) is 0.405. The molecule has 0 saturated carbocycles. The van der Waals surface area contributed by atoms with Crippen molar-refractivity contribution in [3.05, 3.63) is 59.7 Å². The number of fused-ring (bicyclic) bond motifs is 3. The third-order valence-corrected chi connectivity index (χ3v) is 5.65. The average molecular weight is 391 g/mol. The summed E-state index contributed by atoms with van der Waals surface area (Å²) >= 11 is 0. The van der Waals surface area contributed by atoms with Crippen molar-refractivity contribution in [2.24, 2.45) is 0 Å². The fourth-order valence-electron chi connectivity index (χ4n) is 3.66. The molecule has 3 nitrogen and oxygen atoms in total. The van der Waals surface area contributed by atoms with Crippen LogP contribution in [-0.4, -0.2) is 49.1 Å². The second kappa shape index (κ2) is 10.4. The lowest BCUT2D eigenvalue weighted by molar-refractivity contribution is 0.338. The highest BCUT2D eigenvalue weighted by Gasteiger charge is 2.07. The largest absolute Gasteiger partial charge is 0.456 e. The molecule has 0 unspecified atom stereocenters. The number of nitrogens with zero attached hydrogens (tertiary/aromatic N) is 2. The summed E-state index contributed by atoms with van der Waals surface area (Å²) in [5, 5.41) is 2.37. The zero-order chi connectivity index (χ0) is 20.6. The van der Waals surface area contributed by atoms with Crippen LogP contribution in [0.3, 0.4) is 0 Å². The molecule has 3 rings (SSSR count). The maximum Gasteiger partial charge on any atom is 0.135 e.